The maximum Gasteiger partial charge on any atom is 0.0715 e. The first-order chi connectivity index (χ1) is 7.81. The van der Waals surface area contributed by atoms with E-state index in [9.17, 15) is 5.11 Å². The van der Waals surface area contributed by atoms with Gasteiger partial charge in [-0.3, -0.25) is 0 Å². The highest BCUT2D eigenvalue weighted by Crippen LogP contribution is 2.26. The third kappa shape index (κ3) is 2.56. The summed E-state index contributed by atoms with van der Waals surface area (Å²) in [4.78, 5) is 2.33. The molecule has 1 aromatic carbocycles. The predicted octanol–water partition coefficient (Wildman–Crippen LogP) is 2.60. The summed E-state index contributed by atoms with van der Waals surface area (Å²) in [6.07, 6.45) is 4.15. The number of aliphatic hydroxyl groups excluding tert-OH is 1. The first-order valence-corrected chi connectivity index (χ1v) is 6.32. The van der Waals surface area contributed by atoms with Crippen molar-refractivity contribution in [3.63, 3.8) is 0 Å². The molecule has 0 amide bonds. The van der Waals surface area contributed by atoms with Gasteiger partial charge in [0, 0.05) is 18.8 Å². The molecule has 0 radical (unpaired) electrons. The molecule has 16 heavy (non-hydrogen) atoms. The monoisotopic (exact) mass is 219 g/mol. The van der Waals surface area contributed by atoms with Gasteiger partial charge in [0.15, 0.2) is 0 Å². The Morgan fingerprint density at radius 3 is 3.00 bits per heavy atom. The highest BCUT2D eigenvalue weighted by atomic mass is 16.3. The zero-order valence-corrected chi connectivity index (χ0v) is 10.0. The van der Waals surface area contributed by atoms with Gasteiger partial charge in [0.1, 0.15) is 0 Å². The van der Waals surface area contributed by atoms with E-state index in [-0.39, 0.29) is 6.10 Å². The van der Waals surface area contributed by atoms with E-state index in [1.54, 1.807) is 0 Å². The van der Waals surface area contributed by atoms with Crippen molar-refractivity contribution in [3.05, 3.63) is 29.8 Å². The van der Waals surface area contributed by atoms with Crippen LogP contribution in [0.4, 0.5) is 5.69 Å². The Hall–Kier alpha value is -1.02. The van der Waals surface area contributed by atoms with Gasteiger partial charge in [0.2, 0.25) is 0 Å². The van der Waals surface area contributed by atoms with Crippen molar-refractivity contribution < 1.29 is 5.11 Å². The maximum atomic E-state index is 9.89. The molecule has 0 fully saturated rings. The molecule has 0 spiro atoms. The van der Waals surface area contributed by atoms with Gasteiger partial charge >= 0.3 is 0 Å². The quantitative estimate of drug-likeness (QED) is 0.841. The fraction of sp³-hybridized carbons (Fsp3) is 0.571. The van der Waals surface area contributed by atoms with E-state index in [2.05, 4.69) is 36.1 Å². The minimum atomic E-state index is -0.184. The minimum Gasteiger partial charge on any atom is -0.391 e. The summed E-state index contributed by atoms with van der Waals surface area (Å²) >= 11 is 0. The fourth-order valence-electron chi connectivity index (χ4n) is 2.48. The second-order valence-electron chi connectivity index (χ2n) is 4.62. The van der Waals surface area contributed by atoms with E-state index < -0.39 is 0 Å². The van der Waals surface area contributed by atoms with Crippen LogP contribution >= 0.6 is 0 Å². The zero-order valence-electron chi connectivity index (χ0n) is 10.0. The van der Waals surface area contributed by atoms with Crippen LogP contribution in [0.3, 0.4) is 0 Å². The third-order valence-electron chi connectivity index (χ3n) is 3.26. The molecule has 0 aromatic heterocycles. The van der Waals surface area contributed by atoms with Gasteiger partial charge in [-0.2, -0.15) is 0 Å². The van der Waals surface area contributed by atoms with Crippen molar-refractivity contribution in [1.29, 1.82) is 0 Å². The van der Waals surface area contributed by atoms with Crippen LogP contribution in [0.5, 0.6) is 0 Å². The topological polar surface area (TPSA) is 23.5 Å². The molecule has 88 valence electrons. The average Bonchev–Trinajstić information content (AvgIpc) is 2.30. The Labute approximate surface area is 97.9 Å². The van der Waals surface area contributed by atoms with Crippen LogP contribution in [0.1, 0.15) is 31.7 Å². The number of para-hydroxylation sites is 1. The zero-order chi connectivity index (χ0) is 11.4. The van der Waals surface area contributed by atoms with Crippen molar-refractivity contribution >= 4 is 5.69 Å². The fourth-order valence-corrected chi connectivity index (χ4v) is 2.48. The van der Waals surface area contributed by atoms with E-state index in [0.717, 1.165) is 25.9 Å². The van der Waals surface area contributed by atoms with E-state index in [4.69, 9.17) is 0 Å². The van der Waals surface area contributed by atoms with Crippen LogP contribution in [0.15, 0.2) is 24.3 Å². The van der Waals surface area contributed by atoms with Crippen molar-refractivity contribution in [3.8, 4) is 0 Å². The summed E-state index contributed by atoms with van der Waals surface area (Å²) in [5, 5.41) is 9.89. The van der Waals surface area contributed by atoms with E-state index in [0.29, 0.717) is 0 Å². The Balaban J connectivity index is 2.07. The number of hydrogen-bond donors (Lipinski definition) is 1. The normalized spacial score (nSPS) is 17.0. The SMILES string of the molecule is CCCC(O)CN1CCCc2ccccc21. The van der Waals surface area contributed by atoms with Gasteiger partial charge in [-0.1, -0.05) is 31.5 Å². The molecule has 1 aliphatic rings. The van der Waals surface area contributed by atoms with Crippen LogP contribution < -0.4 is 4.90 Å². The van der Waals surface area contributed by atoms with Crippen LogP contribution in [0, 0.1) is 0 Å². The number of rotatable bonds is 4. The summed E-state index contributed by atoms with van der Waals surface area (Å²) < 4.78 is 0. The van der Waals surface area contributed by atoms with Crippen molar-refractivity contribution in [2.24, 2.45) is 0 Å². The summed E-state index contributed by atoms with van der Waals surface area (Å²) in [7, 11) is 0. The van der Waals surface area contributed by atoms with Crippen LogP contribution in [-0.4, -0.2) is 24.3 Å². The summed E-state index contributed by atoms with van der Waals surface area (Å²) in [5.41, 5.74) is 2.75. The van der Waals surface area contributed by atoms with Crippen molar-refractivity contribution in [1.82, 2.24) is 0 Å². The van der Waals surface area contributed by atoms with Crippen molar-refractivity contribution in [2.45, 2.75) is 38.7 Å². The standard InChI is InChI=1S/C14H21NO/c1-2-6-13(16)11-15-10-5-8-12-7-3-4-9-14(12)15/h3-4,7,9,13,16H,2,5-6,8,10-11H2,1H3. The Bertz CT molecular complexity index is 337. The molecule has 1 N–H and O–H groups in total. The van der Waals surface area contributed by atoms with E-state index in [1.807, 2.05) is 0 Å². The van der Waals surface area contributed by atoms with E-state index in [1.165, 1.54) is 24.1 Å². The third-order valence-corrected chi connectivity index (χ3v) is 3.26. The molecule has 2 heteroatoms. The van der Waals surface area contributed by atoms with Crippen LogP contribution in [0.25, 0.3) is 0 Å². The maximum absolute atomic E-state index is 9.89. The molecular formula is C14H21NO. The second-order valence-corrected chi connectivity index (χ2v) is 4.62. The summed E-state index contributed by atoms with van der Waals surface area (Å²) in [5.74, 6) is 0. The van der Waals surface area contributed by atoms with Gasteiger partial charge in [-0.25, -0.2) is 0 Å². The Morgan fingerprint density at radius 1 is 1.38 bits per heavy atom. The molecule has 1 atom stereocenters. The number of β-amino-alcohol motifs (C(OH)–C–C–N with tert-alkyl or cyclic N) is 1. The Morgan fingerprint density at radius 2 is 2.19 bits per heavy atom. The van der Waals surface area contributed by atoms with Gasteiger partial charge in [-0.15, -0.1) is 0 Å². The second kappa shape index (κ2) is 5.35. The van der Waals surface area contributed by atoms with Crippen molar-refractivity contribution in [2.75, 3.05) is 18.0 Å². The molecule has 0 aliphatic carbocycles. The molecular weight excluding hydrogens is 198 g/mol. The lowest BCUT2D eigenvalue weighted by molar-refractivity contribution is 0.168. The highest BCUT2D eigenvalue weighted by Gasteiger charge is 2.18. The van der Waals surface area contributed by atoms with Gasteiger partial charge in [0.25, 0.3) is 0 Å². The highest BCUT2D eigenvalue weighted by molar-refractivity contribution is 5.55. The minimum absolute atomic E-state index is 0.184. The summed E-state index contributed by atoms with van der Waals surface area (Å²) in [6, 6.07) is 8.56. The predicted molar refractivity (Wildman–Crippen MR) is 67.9 cm³/mol. The molecule has 1 heterocycles. The van der Waals surface area contributed by atoms with Gasteiger partial charge < -0.3 is 10.0 Å². The van der Waals surface area contributed by atoms with Gasteiger partial charge in [-0.05, 0) is 30.9 Å². The lowest BCUT2D eigenvalue weighted by atomic mass is 10.0. The molecule has 2 rings (SSSR count). The number of nitrogens with zero attached hydrogens (tertiary/aromatic N) is 1. The smallest absolute Gasteiger partial charge is 0.0715 e. The van der Waals surface area contributed by atoms with Gasteiger partial charge in [0.05, 0.1) is 6.10 Å². The molecule has 2 nitrogen and oxygen atoms in total. The first kappa shape index (κ1) is 11.5. The largest absolute Gasteiger partial charge is 0.391 e. The number of aliphatic hydroxyl groups is 1. The Kier molecular flexibility index (Phi) is 3.83. The van der Waals surface area contributed by atoms with Crippen LogP contribution in [-0.2, 0) is 6.42 Å². The molecule has 1 aromatic rings. The number of anilines is 1. The number of aryl methyl sites for hydroxylation is 1. The first-order valence-electron chi connectivity index (χ1n) is 6.32. The number of benzene rings is 1. The molecule has 1 aliphatic heterocycles. The summed E-state index contributed by atoms with van der Waals surface area (Å²) in [6.45, 7) is 3.98. The number of fused-ring (bicyclic) bond motifs is 1. The molecule has 0 saturated carbocycles. The lowest BCUT2D eigenvalue weighted by Crippen LogP contribution is -2.36. The molecule has 1 unspecified atom stereocenters. The lowest BCUT2D eigenvalue weighted by Gasteiger charge is -2.32. The van der Waals surface area contributed by atoms with E-state index >= 15 is 0 Å². The average molecular weight is 219 g/mol. The number of hydrogen-bond acceptors (Lipinski definition) is 2. The van der Waals surface area contributed by atoms with Crippen LogP contribution in [0.2, 0.25) is 0 Å². The molecule has 0 bridgehead atoms. The molecule has 0 saturated heterocycles.